The Hall–Kier alpha value is -1.40. The van der Waals surface area contributed by atoms with Crippen LogP contribution >= 0.6 is 15.9 Å². The van der Waals surface area contributed by atoms with E-state index < -0.39 is 0 Å². The van der Waals surface area contributed by atoms with Gasteiger partial charge in [0.1, 0.15) is 5.82 Å². The van der Waals surface area contributed by atoms with Crippen molar-refractivity contribution >= 4 is 21.7 Å². The molecule has 0 aromatic carbocycles. The van der Waals surface area contributed by atoms with Crippen molar-refractivity contribution in [2.45, 2.75) is 58.6 Å². The fraction of sp³-hybridized carbons (Fsp3) is 0.556. The van der Waals surface area contributed by atoms with E-state index in [-0.39, 0.29) is 0 Å². The largest absolute Gasteiger partial charge is 0.381 e. The van der Waals surface area contributed by atoms with Gasteiger partial charge in [-0.05, 0) is 74.5 Å². The molecular weight excluding hydrogens is 368 g/mol. The molecule has 0 unspecified atom stereocenters. The molecule has 1 saturated carbocycles. The van der Waals surface area contributed by atoms with E-state index in [1.807, 2.05) is 6.92 Å². The second kappa shape index (κ2) is 7.23. The molecule has 0 spiro atoms. The minimum Gasteiger partial charge on any atom is -0.381 e. The van der Waals surface area contributed by atoms with E-state index in [2.05, 4.69) is 56.8 Å². The first-order valence-electron chi connectivity index (χ1n) is 8.48. The van der Waals surface area contributed by atoms with Crippen molar-refractivity contribution in [3.8, 4) is 5.95 Å². The number of rotatable bonds is 4. The summed E-state index contributed by atoms with van der Waals surface area (Å²) >= 11 is 3.65. The van der Waals surface area contributed by atoms with Crippen molar-refractivity contribution in [1.29, 1.82) is 0 Å². The molecule has 1 aliphatic rings. The van der Waals surface area contributed by atoms with Crippen LogP contribution in [0.15, 0.2) is 16.6 Å². The van der Waals surface area contributed by atoms with E-state index in [1.54, 1.807) is 7.11 Å². The minimum absolute atomic E-state index is 0.402. The van der Waals surface area contributed by atoms with Crippen molar-refractivity contribution in [1.82, 2.24) is 14.5 Å². The number of hydrogen-bond donors (Lipinski definition) is 1. The summed E-state index contributed by atoms with van der Waals surface area (Å²) in [4.78, 5) is 9.45. The van der Waals surface area contributed by atoms with Crippen molar-refractivity contribution < 1.29 is 4.74 Å². The summed E-state index contributed by atoms with van der Waals surface area (Å²) in [7, 11) is 1.80. The molecule has 0 bridgehead atoms. The summed E-state index contributed by atoms with van der Waals surface area (Å²) in [6, 6.07) is 4.62. The predicted octanol–water partition coefficient (Wildman–Crippen LogP) is 4.32. The quantitative estimate of drug-likeness (QED) is 0.841. The molecule has 1 N–H and O–H groups in total. The lowest BCUT2D eigenvalue weighted by molar-refractivity contribution is 0.0681. The van der Waals surface area contributed by atoms with Crippen LogP contribution < -0.4 is 5.32 Å². The van der Waals surface area contributed by atoms with Crippen molar-refractivity contribution in [3.05, 3.63) is 33.7 Å². The molecule has 0 aliphatic heterocycles. The summed E-state index contributed by atoms with van der Waals surface area (Å²) in [6.45, 7) is 6.16. The van der Waals surface area contributed by atoms with Crippen LogP contribution in [0.25, 0.3) is 5.95 Å². The van der Waals surface area contributed by atoms with Crippen LogP contribution in [0.1, 0.15) is 42.8 Å². The maximum absolute atomic E-state index is 5.46. The molecule has 24 heavy (non-hydrogen) atoms. The zero-order chi connectivity index (χ0) is 17.3. The molecule has 2 heterocycles. The van der Waals surface area contributed by atoms with Gasteiger partial charge in [-0.15, -0.1) is 0 Å². The van der Waals surface area contributed by atoms with Crippen molar-refractivity contribution in [2.75, 3.05) is 12.4 Å². The SMILES string of the molecule is COC1CCC(Nc2nc(-n3c(C)ccc3C)nc(C)c2Br)CC1. The van der Waals surface area contributed by atoms with Crippen molar-refractivity contribution in [3.63, 3.8) is 0 Å². The van der Waals surface area contributed by atoms with E-state index in [1.165, 1.54) is 0 Å². The smallest absolute Gasteiger partial charge is 0.236 e. The standard InChI is InChI=1S/C18H25BrN4O/c1-11-5-6-12(2)23(11)18-20-13(3)16(19)17(22-18)21-14-7-9-15(24-4)10-8-14/h5-6,14-15H,7-10H2,1-4H3,(H,20,21,22). The summed E-state index contributed by atoms with van der Waals surface area (Å²) in [5, 5.41) is 3.61. The molecule has 6 heteroatoms. The average Bonchev–Trinajstić information content (AvgIpc) is 2.91. The number of hydrogen-bond acceptors (Lipinski definition) is 4. The van der Waals surface area contributed by atoms with E-state index >= 15 is 0 Å². The van der Waals surface area contributed by atoms with Crippen LogP contribution in [0.5, 0.6) is 0 Å². The number of ether oxygens (including phenoxy) is 1. The van der Waals surface area contributed by atoms with E-state index in [0.717, 1.165) is 59.0 Å². The maximum Gasteiger partial charge on any atom is 0.236 e. The molecule has 5 nitrogen and oxygen atoms in total. The van der Waals surface area contributed by atoms with E-state index in [4.69, 9.17) is 9.72 Å². The molecular formula is C18H25BrN4O. The number of nitrogens with one attached hydrogen (secondary N) is 1. The van der Waals surface area contributed by atoms with Crippen LogP contribution in [0.4, 0.5) is 5.82 Å². The monoisotopic (exact) mass is 392 g/mol. The topological polar surface area (TPSA) is 52.0 Å². The first-order valence-corrected chi connectivity index (χ1v) is 9.27. The molecule has 0 amide bonds. The summed E-state index contributed by atoms with van der Waals surface area (Å²) < 4.78 is 8.50. The molecule has 0 saturated heterocycles. The zero-order valence-corrected chi connectivity index (χ0v) is 16.4. The highest BCUT2D eigenvalue weighted by Gasteiger charge is 2.22. The van der Waals surface area contributed by atoms with Crippen molar-refractivity contribution in [2.24, 2.45) is 0 Å². The maximum atomic E-state index is 5.46. The second-order valence-electron chi connectivity index (χ2n) is 6.58. The van der Waals surface area contributed by atoms with Gasteiger partial charge < -0.3 is 10.1 Å². The van der Waals surface area contributed by atoms with Crippen LogP contribution in [0.2, 0.25) is 0 Å². The lowest BCUT2D eigenvalue weighted by Crippen LogP contribution is -2.30. The highest BCUT2D eigenvalue weighted by Crippen LogP contribution is 2.29. The van der Waals surface area contributed by atoms with Crippen LogP contribution in [0, 0.1) is 20.8 Å². The highest BCUT2D eigenvalue weighted by molar-refractivity contribution is 9.10. The fourth-order valence-electron chi connectivity index (χ4n) is 3.36. The third kappa shape index (κ3) is 3.49. The highest BCUT2D eigenvalue weighted by atomic mass is 79.9. The van der Waals surface area contributed by atoms with Gasteiger partial charge >= 0.3 is 0 Å². The van der Waals surface area contributed by atoms with Gasteiger partial charge in [0.05, 0.1) is 16.3 Å². The number of methoxy groups -OCH3 is 1. The van der Waals surface area contributed by atoms with Crippen LogP contribution in [-0.4, -0.2) is 33.8 Å². The van der Waals surface area contributed by atoms with Gasteiger partial charge in [0.25, 0.3) is 0 Å². The number of nitrogens with zero attached hydrogens (tertiary/aromatic N) is 3. The summed E-state index contributed by atoms with van der Waals surface area (Å²) in [5.74, 6) is 1.61. The Morgan fingerprint density at radius 2 is 1.71 bits per heavy atom. The van der Waals surface area contributed by atoms with Crippen LogP contribution in [0.3, 0.4) is 0 Å². The average molecular weight is 393 g/mol. The van der Waals surface area contributed by atoms with Gasteiger partial charge in [0.2, 0.25) is 5.95 Å². The molecule has 130 valence electrons. The fourth-order valence-corrected chi connectivity index (χ4v) is 3.65. The number of aryl methyl sites for hydroxylation is 3. The lowest BCUT2D eigenvalue weighted by Gasteiger charge is -2.29. The Kier molecular flexibility index (Phi) is 5.25. The van der Waals surface area contributed by atoms with Gasteiger partial charge in [-0.25, -0.2) is 4.98 Å². The normalized spacial score (nSPS) is 21.0. The first kappa shape index (κ1) is 17.4. The Balaban J connectivity index is 1.86. The number of halogens is 1. The van der Waals surface area contributed by atoms with Gasteiger partial charge in [-0.2, -0.15) is 4.98 Å². The lowest BCUT2D eigenvalue weighted by atomic mass is 9.93. The van der Waals surface area contributed by atoms with Crippen LogP contribution in [-0.2, 0) is 4.74 Å². The Labute approximate surface area is 152 Å². The van der Waals surface area contributed by atoms with E-state index in [9.17, 15) is 0 Å². The Bertz CT molecular complexity index is 701. The molecule has 2 aromatic rings. The second-order valence-corrected chi connectivity index (χ2v) is 7.37. The summed E-state index contributed by atoms with van der Waals surface area (Å²) in [5.41, 5.74) is 3.22. The minimum atomic E-state index is 0.402. The third-order valence-corrected chi connectivity index (χ3v) is 5.77. The predicted molar refractivity (Wildman–Crippen MR) is 99.9 cm³/mol. The Morgan fingerprint density at radius 3 is 2.29 bits per heavy atom. The molecule has 0 radical (unpaired) electrons. The molecule has 0 atom stereocenters. The first-order chi connectivity index (χ1) is 11.5. The Morgan fingerprint density at radius 1 is 1.08 bits per heavy atom. The molecule has 2 aromatic heterocycles. The van der Waals surface area contributed by atoms with Gasteiger partial charge in [0, 0.05) is 24.5 Å². The molecule has 3 rings (SSSR count). The van der Waals surface area contributed by atoms with E-state index in [0.29, 0.717) is 12.1 Å². The van der Waals surface area contributed by atoms with Gasteiger partial charge in [-0.1, -0.05) is 0 Å². The van der Waals surface area contributed by atoms with Gasteiger partial charge in [-0.3, -0.25) is 4.57 Å². The number of anilines is 1. The molecule has 1 fully saturated rings. The molecule has 1 aliphatic carbocycles. The van der Waals surface area contributed by atoms with Gasteiger partial charge in [0.15, 0.2) is 0 Å². The zero-order valence-electron chi connectivity index (χ0n) is 14.8. The summed E-state index contributed by atoms with van der Waals surface area (Å²) in [6.07, 6.45) is 4.80. The number of aromatic nitrogens is 3. The third-order valence-electron chi connectivity index (χ3n) is 4.82.